The Morgan fingerprint density at radius 3 is 2.44 bits per heavy atom. The van der Waals surface area contributed by atoms with Gasteiger partial charge in [-0.15, -0.1) is 0 Å². The summed E-state index contributed by atoms with van der Waals surface area (Å²) in [5.74, 6) is 2.57. The van der Waals surface area contributed by atoms with Gasteiger partial charge in [0.1, 0.15) is 0 Å². The first-order valence-corrected chi connectivity index (χ1v) is 8.06. The molecule has 2 unspecified atom stereocenters. The van der Waals surface area contributed by atoms with E-state index in [1.165, 1.54) is 50.3 Å². The highest BCUT2D eigenvalue weighted by atomic mass is 32.2. The molecule has 0 aromatic heterocycles. The lowest BCUT2D eigenvalue weighted by Gasteiger charge is -2.37. The molecule has 2 nitrogen and oxygen atoms in total. The molecular weight excluding hydrogens is 216 g/mol. The summed E-state index contributed by atoms with van der Waals surface area (Å²) < 4.78 is 0. The molecule has 0 aromatic carbocycles. The zero-order valence-corrected chi connectivity index (χ0v) is 11.6. The first-order valence-electron chi connectivity index (χ1n) is 6.91. The SMILES string of the molecule is CCSCCN(CC)C1CC2CCC(C1)N2. The number of rotatable bonds is 6. The second kappa shape index (κ2) is 6.27. The van der Waals surface area contributed by atoms with E-state index >= 15 is 0 Å². The Labute approximate surface area is 105 Å². The zero-order chi connectivity index (χ0) is 11.4. The van der Waals surface area contributed by atoms with Gasteiger partial charge >= 0.3 is 0 Å². The summed E-state index contributed by atoms with van der Waals surface area (Å²) in [5.41, 5.74) is 0. The molecule has 2 atom stereocenters. The maximum absolute atomic E-state index is 3.73. The van der Waals surface area contributed by atoms with Gasteiger partial charge in [0, 0.05) is 30.4 Å². The fraction of sp³-hybridized carbons (Fsp3) is 1.00. The summed E-state index contributed by atoms with van der Waals surface area (Å²) in [5, 5.41) is 3.73. The van der Waals surface area contributed by atoms with Gasteiger partial charge in [0.05, 0.1) is 0 Å². The van der Waals surface area contributed by atoms with Crippen LogP contribution in [-0.4, -0.2) is 47.6 Å². The molecule has 16 heavy (non-hydrogen) atoms. The molecule has 2 aliphatic rings. The number of piperidine rings is 1. The van der Waals surface area contributed by atoms with Gasteiger partial charge in [0.25, 0.3) is 0 Å². The van der Waals surface area contributed by atoms with Crippen molar-refractivity contribution < 1.29 is 0 Å². The van der Waals surface area contributed by atoms with Gasteiger partial charge in [-0.2, -0.15) is 11.8 Å². The van der Waals surface area contributed by atoms with Crippen LogP contribution in [0.15, 0.2) is 0 Å². The number of fused-ring (bicyclic) bond motifs is 2. The Morgan fingerprint density at radius 1 is 1.19 bits per heavy atom. The first-order chi connectivity index (χ1) is 7.83. The minimum atomic E-state index is 0.830. The lowest BCUT2D eigenvalue weighted by Crippen LogP contribution is -2.48. The van der Waals surface area contributed by atoms with E-state index in [0.717, 1.165) is 18.1 Å². The molecule has 0 amide bonds. The molecule has 2 saturated heterocycles. The van der Waals surface area contributed by atoms with Crippen molar-refractivity contribution in [3.63, 3.8) is 0 Å². The number of nitrogens with one attached hydrogen (secondary N) is 1. The maximum Gasteiger partial charge on any atom is 0.0125 e. The average molecular weight is 242 g/mol. The van der Waals surface area contributed by atoms with Crippen LogP contribution < -0.4 is 5.32 Å². The Hall–Kier alpha value is 0.270. The average Bonchev–Trinajstić information content (AvgIpc) is 2.64. The standard InChI is InChI=1S/C13H26N2S/c1-3-15(7-8-16-4-2)13-9-11-5-6-12(10-13)14-11/h11-14H,3-10H2,1-2H3. The molecule has 0 spiro atoms. The van der Waals surface area contributed by atoms with E-state index in [1.807, 2.05) is 0 Å². The van der Waals surface area contributed by atoms with Crippen LogP contribution in [0.3, 0.4) is 0 Å². The van der Waals surface area contributed by atoms with Crippen LogP contribution in [0.5, 0.6) is 0 Å². The highest BCUT2D eigenvalue weighted by Crippen LogP contribution is 2.29. The van der Waals surface area contributed by atoms with Crippen LogP contribution in [0.4, 0.5) is 0 Å². The topological polar surface area (TPSA) is 15.3 Å². The molecule has 2 fully saturated rings. The van der Waals surface area contributed by atoms with Crippen LogP contribution in [-0.2, 0) is 0 Å². The molecule has 0 radical (unpaired) electrons. The smallest absolute Gasteiger partial charge is 0.0125 e. The van der Waals surface area contributed by atoms with Crippen molar-refractivity contribution in [2.75, 3.05) is 24.6 Å². The first kappa shape index (κ1) is 12.7. The molecule has 94 valence electrons. The van der Waals surface area contributed by atoms with Crippen LogP contribution >= 0.6 is 11.8 Å². The molecule has 2 heterocycles. The van der Waals surface area contributed by atoms with E-state index < -0.39 is 0 Å². The molecule has 0 aromatic rings. The third kappa shape index (κ3) is 3.14. The van der Waals surface area contributed by atoms with E-state index in [2.05, 4.69) is 35.8 Å². The van der Waals surface area contributed by atoms with Crippen molar-refractivity contribution >= 4 is 11.8 Å². The Balaban J connectivity index is 1.79. The number of hydrogen-bond donors (Lipinski definition) is 1. The summed E-state index contributed by atoms with van der Waals surface area (Å²) in [6, 6.07) is 2.52. The third-order valence-electron chi connectivity index (χ3n) is 4.10. The minimum absolute atomic E-state index is 0.830. The summed E-state index contributed by atoms with van der Waals surface area (Å²) >= 11 is 2.08. The van der Waals surface area contributed by atoms with Crippen LogP contribution in [0, 0.1) is 0 Å². The molecule has 2 rings (SSSR count). The van der Waals surface area contributed by atoms with E-state index in [9.17, 15) is 0 Å². The fourth-order valence-electron chi connectivity index (χ4n) is 3.25. The predicted molar refractivity (Wildman–Crippen MR) is 73.2 cm³/mol. The molecule has 0 aliphatic carbocycles. The van der Waals surface area contributed by atoms with E-state index in [1.54, 1.807) is 0 Å². The van der Waals surface area contributed by atoms with Crippen LogP contribution in [0.25, 0.3) is 0 Å². The number of hydrogen-bond acceptors (Lipinski definition) is 3. The summed E-state index contributed by atoms with van der Waals surface area (Å²) in [4.78, 5) is 2.72. The number of thioether (sulfide) groups is 1. The lowest BCUT2D eigenvalue weighted by molar-refractivity contribution is 0.156. The van der Waals surface area contributed by atoms with Crippen molar-refractivity contribution in [1.82, 2.24) is 10.2 Å². The van der Waals surface area contributed by atoms with Crippen LogP contribution in [0.1, 0.15) is 39.5 Å². The van der Waals surface area contributed by atoms with Gasteiger partial charge in [-0.3, -0.25) is 4.90 Å². The molecule has 2 bridgehead atoms. The molecule has 2 aliphatic heterocycles. The predicted octanol–water partition coefficient (Wildman–Crippen LogP) is 2.34. The van der Waals surface area contributed by atoms with Gasteiger partial charge in [0.15, 0.2) is 0 Å². The van der Waals surface area contributed by atoms with Crippen molar-refractivity contribution in [1.29, 1.82) is 0 Å². The number of nitrogens with zero attached hydrogens (tertiary/aromatic N) is 1. The summed E-state index contributed by atoms with van der Waals surface area (Å²) in [7, 11) is 0. The van der Waals surface area contributed by atoms with Crippen LogP contribution in [0.2, 0.25) is 0 Å². The maximum atomic E-state index is 3.73. The Bertz CT molecular complexity index is 198. The fourth-order valence-corrected chi connectivity index (χ4v) is 3.90. The third-order valence-corrected chi connectivity index (χ3v) is 4.98. The lowest BCUT2D eigenvalue weighted by atomic mass is 9.98. The minimum Gasteiger partial charge on any atom is -0.311 e. The van der Waals surface area contributed by atoms with E-state index in [4.69, 9.17) is 0 Å². The monoisotopic (exact) mass is 242 g/mol. The van der Waals surface area contributed by atoms with E-state index in [-0.39, 0.29) is 0 Å². The van der Waals surface area contributed by atoms with Crippen molar-refractivity contribution in [3.05, 3.63) is 0 Å². The van der Waals surface area contributed by atoms with E-state index in [0.29, 0.717) is 0 Å². The van der Waals surface area contributed by atoms with Gasteiger partial charge < -0.3 is 5.32 Å². The largest absolute Gasteiger partial charge is 0.311 e. The molecular formula is C13H26N2S. The highest BCUT2D eigenvalue weighted by Gasteiger charge is 2.35. The molecule has 0 saturated carbocycles. The van der Waals surface area contributed by atoms with Crippen molar-refractivity contribution in [2.24, 2.45) is 0 Å². The normalized spacial score (nSPS) is 33.6. The van der Waals surface area contributed by atoms with Crippen molar-refractivity contribution in [2.45, 2.75) is 57.7 Å². The quantitative estimate of drug-likeness (QED) is 0.720. The second-order valence-electron chi connectivity index (χ2n) is 5.09. The van der Waals surface area contributed by atoms with Crippen molar-refractivity contribution in [3.8, 4) is 0 Å². The zero-order valence-electron chi connectivity index (χ0n) is 10.7. The van der Waals surface area contributed by atoms with Gasteiger partial charge in [0.2, 0.25) is 0 Å². The second-order valence-corrected chi connectivity index (χ2v) is 6.48. The Morgan fingerprint density at radius 2 is 1.88 bits per heavy atom. The van der Waals surface area contributed by atoms with Gasteiger partial charge in [-0.05, 0) is 38.0 Å². The van der Waals surface area contributed by atoms with Gasteiger partial charge in [-0.1, -0.05) is 13.8 Å². The Kier molecular flexibility index (Phi) is 4.98. The highest BCUT2D eigenvalue weighted by molar-refractivity contribution is 7.99. The van der Waals surface area contributed by atoms with Gasteiger partial charge in [-0.25, -0.2) is 0 Å². The summed E-state index contributed by atoms with van der Waals surface area (Å²) in [6.07, 6.45) is 5.62. The molecule has 1 N–H and O–H groups in total. The molecule has 3 heteroatoms. The summed E-state index contributed by atoms with van der Waals surface area (Å²) in [6.45, 7) is 7.10.